The Hall–Kier alpha value is -2.87. The summed E-state index contributed by atoms with van der Waals surface area (Å²) in [5.41, 5.74) is 1.71. The lowest BCUT2D eigenvalue weighted by Crippen LogP contribution is -2.48. The second kappa shape index (κ2) is 10.6. The standard InChI is InChI=1S/C24H25ClN2O4S/c1-17(19-8-12-21(31-2)13-9-19)26-24(28)23(16-18-6-4-3-5-7-18)27-32(29,30)22-14-10-20(25)11-15-22/h3-15,17,23,27H,16H2,1-2H3,(H,26,28)/t17-,23-/m1/s1. The Kier molecular flexibility index (Phi) is 7.90. The zero-order chi connectivity index (χ0) is 23.1. The molecule has 0 aliphatic carbocycles. The van der Waals surface area contributed by atoms with Gasteiger partial charge in [-0.3, -0.25) is 4.79 Å². The first-order valence-electron chi connectivity index (χ1n) is 10.0. The zero-order valence-electron chi connectivity index (χ0n) is 17.8. The van der Waals surface area contributed by atoms with Crippen LogP contribution in [0.1, 0.15) is 24.1 Å². The molecule has 2 atom stereocenters. The number of hydrogen-bond donors (Lipinski definition) is 2. The maximum Gasteiger partial charge on any atom is 0.241 e. The number of methoxy groups -OCH3 is 1. The summed E-state index contributed by atoms with van der Waals surface area (Å²) in [6.07, 6.45) is 0.203. The summed E-state index contributed by atoms with van der Waals surface area (Å²) in [5.74, 6) is 0.291. The average Bonchev–Trinajstić information content (AvgIpc) is 2.79. The Morgan fingerprint density at radius 1 is 0.969 bits per heavy atom. The average molecular weight is 473 g/mol. The number of nitrogens with one attached hydrogen (secondary N) is 2. The monoisotopic (exact) mass is 472 g/mol. The fourth-order valence-corrected chi connectivity index (χ4v) is 4.52. The topological polar surface area (TPSA) is 84.5 Å². The predicted molar refractivity (Wildman–Crippen MR) is 125 cm³/mol. The molecule has 0 bridgehead atoms. The number of sulfonamides is 1. The third-order valence-corrected chi connectivity index (χ3v) is 6.73. The van der Waals surface area contributed by atoms with Gasteiger partial charge in [0.1, 0.15) is 11.8 Å². The van der Waals surface area contributed by atoms with Crippen LogP contribution in [0.3, 0.4) is 0 Å². The molecular formula is C24H25ClN2O4S. The Morgan fingerprint density at radius 2 is 1.59 bits per heavy atom. The van der Waals surface area contributed by atoms with Crippen LogP contribution in [-0.2, 0) is 21.2 Å². The molecule has 0 fully saturated rings. The highest BCUT2D eigenvalue weighted by Gasteiger charge is 2.27. The summed E-state index contributed by atoms with van der Waals surface area (Å²) < 4.78 is 33.6. The third-order valence-electron chi connectivity index (χ3n) is 5.00. The van der Waals surface area contributed by atoms with Gasteiger partial charge in [0.05, 0.1) is 18.0 Å². The van der Waals surface area contributed by atoms with Crippen molar-refractivity contribution in [2.24, 2.45) is 0 Å². The van der Waals surface area contributed by atoms with Crippen LogP contribution in [0.5, 0.6) is 5.75 Å². The molecule has 0 saturated heterocycles. The van der Waals surface area contributed by atoms with E-state index in [1.165, 1.54) is 24.3 Å². The van der Waals surface area contributed by atoms with Crippen LogP contribution in [0.2, 0.25) is 5.02 Å². The Labute approximate surface area is 193 Å². The van der Waals surface area contributed by atoms with Crippen molar-refractivity contribution in [1.82, 2.24) is 10.0 Å². The number of hydrogen-bond acceptors (Lipinski definition) is 4. The number of halogens is 1. The van der Waals surface area contributed by atoms with Gasteiger partial charge in [-0.2, -0.15) is 4.72 Å². The molecule has 0 aliphatic heterocycles. The van der Waals surface area contributed by atoms with Crippen LogP contribution in [0.15, 0.2) is 83.8 Å². The Balaban J connectivity index is 1.81. The van der Waals surface area contributed by atoms with Gasteiger partial charge in [0.2, 0.25) is 15.9 Å². The van der Waals surface area contributed by atoms with E-state index < -0.39 is 22.0 Å². The van der Waals surface area contributed by atoms with Crippen LogP contribution in [0.25, 0.3) is 0 Å². The van der Waals surface area contributed by atoms with Crippen LogP contribution in [0.4, 0.5) is 0 Å². The SMILES string of the molecule is COc1ccc([C@@H](C)NC(=O)[C@@H](Cc2ccccc2)NS(=O)(=O)c2ccc(Cl)cc2)cc1. The zero-order valence-corrected chi connectivity index (χ0v) is 19.4. The van der Waals surface area contributed by atoms with Crippen molar-refractivity contribution in [3.05, 3.63) is 95.0 Å². The highest BCUT2D eigenvalue weighted by atomic mass is 35.5. The lowest BCUT2D eigenvalue weighted by molar-refractivity contribution is -0.123. The van der Waals surface area contributed by atoms with E-state index in [-0.39, 0.29) is 17.4 Å². The van der Waals surface area contributed by atoms with Crippen molar-refractivity contribution in [2.75, 3.05) is 7.11 Å². The van der Waals surface area contributed by atoms with Gasteiger partial charge in [-0.25, -0.2) is 8.42 Å². The van der Waals surface area contributed by atoms with Gasteiger partial charge in [0.25, 0.3) is 0 Å². The maximum absolute atomic E-state index is 13.1. The van der Waals surface area contributed by atoms with Crippen molar-refractivity contribution in [3.8, 4) is 5.75 Å². The normalized spacial score (nSPS) is 13.2. The third kappa shape index (κ3) is 6.32. The first kappa shape index (κ1) is 23.8. The molecule has 168 valence electrons. The fraction of sp³-hybridized carbons (Fsp3) is 0.208. The number of amides is 1. The van der Waals surface area contributed by atoms with Crippen molar-refractivity contribution >= 4 is 27.5 Å². The minimum Gasteiger partial charge on any atom is -0.497 e. The van der Waals surface area contributed by atoms with Crippen molar-refractivity contribution in [3.63, 3.8) is 0 Å². The van der Waals surface area contributed by atoms with Crippen LogP contribution >= 0.6 is 11.6 Å². The van der Waals surface area contributed by atoms with E-state index in [1.54, 1.807) is 7.11 Å². The molecule has 6 nitrogen and oxygen atoms in total. The van der Waals surface area contributed by atoms with Crippen LogP contribution in [-0.4, -0.2) is 27.5 Å². The summed E-state index contributed by atoms with van der Waals surface area (Å²) in [6.45, 7) is 1.84. The molecule has 0 aromatic heterocycles. The largest absolute Gasteiger partial charge is 0.497 e. The fourth-order valence-electron chi connectivity index (χ4n) is 3.20. The predicted octanol–water partition coefficient (Wildman–Crippen LogP) is 4.12. The van der Waals surface area contributed by atoms with Gasteiger partial charge in [-0.1, -0.05) is 54.1 Å². The molecule has 0 saturated carbocycles. The smallest absolute Gasteiger partial charge is 0.241 e. The van der Waals surface area contributed by atoms with Crippen LogP contribution < -0.4 is 14.8 Å². The highest BCUT2D eigenvalue weighted by Crippen LogP contribution is 2.19. The van der Waals surface area contributed by atoms with Gasteiger partial charge < -0.3 is 10.1 Å². The first-order chi connectivity index (χ1) is 15.3. The van der Waals surface area contributed by atoms with Gasteiger partial charge in [0, 0.05) is 5.02 Å². The lowest BCUT2D eigenvalue weighted by atomic mass is 10.0. The summed E-state index contributed by atoms with van der Waals surface area (Å²) >= 11 is 5.87. The summed E-state index contributed by atoms with van der Waals surface area (Å²) in [5, 5.41) is 3.34. The second-order valence-electron chi connectivity index (χ2n) is 7.32. The van der Waals surface area contributed by atoms with E-state index in [2.05, 4.69) is 10.0 Å². The van der Waals surface area contributed by atoms with Crippen LogP contribution in [0, 0.1) is 0 Å². The maximum atomic E-state index is 13.1. The van der Waals surface area contributed by atoms with E-state index in [1.807, 2.05) is 61.5 Å². The summed E-state index contributed by atoms with van der Waals surface area (Å²) in [4.78, 5) is 13.2. The number of benzene rings is 3. The van der Waals surface area contributed by atoms with E-state index in [0.29, 0.717) is 10.8 Å². The minimum atomic E-state index is -3.94. The molecule has 3 rings (SSSR count). The molecule has 0 aliphatic rings. The van der Waals surface area contributed by atoms with Crippen molar-refractivity contribution < 1.29 is 17.9 Å². The second-order valence-corrected chi connectivity index (χ2v) is 9.47. The number of ether oxygens (including phenoxy) is 1. The molecule has 0 radical (unpaired) electrons. The quantitative estimate of drug-likeness (QED) is 0.490. The van der Waals surface area contributed by atoms with Crippen molar-refractivity contribution in [2.45, 2.75) is 30.3 Å². The van der Waals surface area contributed by atoms with E-state index in [9.17, 15) is 13.2 Å². The molecule has 3 aromatic rings. The summed E-state index contributed by atoms with van der Waals surface area (Å²) in [6, 6.07) is 21.1. The number of carbonyl (C=O) groups is 1. The molecule has 0 unspecified atom stereocenters. The molecule has 1 amide bonds. The van der Waals surface area contributed by atoms with Gasteiger partial charge in [-0.15, -0.1) is 0 Å². The molecule has 32 heavy (non-hydrogen) atoms. The Bertz CT molecular complexity index is 1130. The molecule has 0 heterocycles. The Morgan fingerprint density at radius 3 is 2.19 bits per heavy atom. The van der Waals surface area contributed by atoms with Gasteiger partial charge >= 0.3 is 0 Å². The van der Waals surface area contributed by atoms with E-state index >= 15 is 0 Å². The number of carbonyl (C=O) groups excluding carboxylic acids is 1. The first-order valence-corrected chi connectivity index (χ1v) is 11.9. The molecule has 2 N–H and O–H groups in total. The highest BCUT2D eigenvalue weighted by molar-refractivity contribution is 7.89. The van der Waals surface area contributed by atoms with E-state index in [4.69, 9.17) is 16.3 Å². The van der Waals surface area contributed by atoms with Crippen molar-refractivity contribution in [1.29, 1.82) is 0 Å². The lowest BCUT2D eigenvalue weighted by Gasteiger charge is -2.22. The molecule has 3 aromatic carbocycles. The minimum absolute atomic E-state index is 0.0379. The van der Waals surface area contributed by atoms with Gasteiger partial charge in [0.15, 0.2) is 0 Å². The van der Waals surface area contributed by atoms with E-state index in [0.717, 1.165) is 11.1 Å². The summed E-state index contributed by atoms with van der Waals surface area (Å²) in [7, 11) is -2.35. The molecular weight excluding hydrogens is 448 g/mol. The van der Waals surface area contributed by atoms with Gasteiger partial charge in [-0.05, 0) is 60.9 Å². The molecule has 8 heteroatoms. The molecule has 0 spiro atoms. The number of rotatable bonds is 9.